The van der Waals surface area contributed by atoms with E-state index in [-0.39, 0.29) is 36.0 Å². The first-order valence-electron chi connectivity index (χ1n) is 7.72. The van der Waals surface area contributed by atoms with E-state index in [9.17, 15) is 22.8 Å². The highest BCUT2D eigenvalue weighted by molar-refractivity contribution is 7.89. The molecule has 10 nitrogen and oxygen atoms in total. The number of nitrogens with one attached hydrogen (secondary N) is 3. The standard InChI is InChI=1S/C15H20ClN3O7S/c1-25-8-7-17-15(22)19-13(20)10-26-14(21)5-6-18-27(23,24)12-4-2-3-11(16)9-12/h2-4,9,18H,5-8,10H2,1H3,(H2,17,19,20,22). The molecule has 1 rings (SSSR count). The summed E-state index contributed by atoms with van der Waals surface area (Å²) in [4.78, 5) is 34.2. The summed E-state index contributed by atoms with van der Waals surface area (Å²) in [6.45, 7) is -0.408. The van der Waals surface area contributed by atoms with Crippen molar-refractivity contribution in [3.8, 4) is 0 Å². The average molecular weight is 422 g/mol. The second-order valence-corrected chi connectivity index (χ2v) is 7.27. The van der Waals surface area contributed by atoms with E-state index >= 15 is 0 Å². The molecule has 0 bridgehead atoms. The minimum Gasteiger partial charge on any atom is -0.456 e. The Bertz CT molecular complexity index is 770. The second-order valence-electron chi connectivity index (χ2n) is 5.06. The molecule has 0 spiro atoms. The molecule has 0 unspecified atom stereocenters. The number of ether oxygens (including phenoxy) is 2. The van der Waals surface area contributed by atoms with Gasteiger partial charge in [-0.3, -0.25) is 14.9 Å². The highest BCUT2D eigenvalue weighted by atomic mass is 35.5. The third kappa shape index (κ3) is 9.33. The summed E-state index contributed by atoms with van der Waals surface area (Å²) >= 11 is 5.74. The van der Waals surface area contributed by atoms with Crippen LogP contribution in [0.1, 0.15) is 6.42 Å². The molecule has 0 saturated heterocycles. The molecule has 0 aliphatic carbocycles. The van der Waals surface area contributed by atoms with Gasteiger partial charge in [0.15, 0.2) is 6.61 Å². The van der Waals surface area contributed by atoms with Gasteiger partial charge >= 0.3 is 12.0 Å². The van der Waals surface area contributed by atoms with Gasteiger partial charge in [0.25, 0.3) is 5.91 Å². The number of carbonyl (C=O) groups excluding carboxylic acids is 3. The lowest BCUT2D eigenvalue weighted by Gasteiger charge is -2.08. The fourth-order valence-electron chi connectivity index (χ4n) is 1.70. The SMILES string of the molecule is COCCNC(=O)NC(=O)COC(=O)CCNS(=O)(=O)c1cccc(Cl)c1. The Morgan fingerprint density at radius 3 is 2.59 bits per heavy atom. The van der Waals surface area contributed by atoms with Gasteiger partial charge < -0.3 is 14.8 Å². The lowest BCUT2D eigenvalue weighted by Crippen LogP contribution is -2.42. The highest BCUT2D eigenvalue weighted by Crippen LogP contribution is 2.15. The second kappa shape index (κ2) is 11.5. The van der Waals surface area contributed by atoms with Crippen LogP contribution in [0.15, 0.2) is 29.2 Å². The first kappa shape index (κ1) is 22.8. The van der Waals surface area contributed by atoms with Crippen molar-refractivity contribution in [2.75, 3.05) is 33.4 Å². The van der Waals surface area contributed by atoms with Crippen LogP contribution in [0.5, 0.6) is 0 Å². The minimum atomic E-state index is -3.82. The lowest BCUT2D eigenvalue weighted by molar-refractivity contribution is -0.148. The van der Waals surface area contributed by atoms with Crippen LogP contribution in [0.3, 0.4) is 0 Å². The van der Waals surface area contributed by atoms with Gasteiger partial charge in [0.1, 0.15) is 0 Å². The van der Waals surface area contributed by atoms with E-state index in [1.807, 2.05) is 5.32 Å². The molecule has 1 aromatic carbocycles. The summed E-state index contributed by atoms with van der Waals surface area (Å²) < 4.78 is 35.6. The summed E-state index contributed by atoms with van der Waals surface area (Å²) in [5, 5.41) is 4.56. The Kier molecular flexibility index (Phi) is 9.72. The Morgan fingerprint density at radius 1 is 1.19 bits per heavy atom. The van der Waals surface area contributed by atoms with Gasteiger partial charge in [-0.25, -0.2) is 17.9 Å². The van der Waals surface area contributed by atoms with Crippen molar-refractivity contribution in [1.82, 2.24) is 15.4 Å². The summed E-state index contributed by atoms with van der Waals surface area (Å²) in [6.07, 6.45) is -0.299. The third-order valence-electron chi connectivity index (χ3n) is 2.94. The van der Waals surface area contributed by atoms with Crippen LogP contribution in [0.25, 0.3) is 0 Å². The van der Waals surface area contributed by atoms with Crippen LogP contribution >= 0.6 is 11.6 Å². The van der Waals surface area contributed by atoms with Crippen LogP contribution in [0.4, 0.5) is 4.79 Å². The first-order valence-corrected chi connectivity index (χ1v) is 9.58. The molecule has 0 heterocycles. The Hall–Kier alpha value is -2.21. The molecule has 0 fully saturated rings. The molecule has 0 atom stereocenters. The largest absolute Gasteiger partial charge is 0.456 e. The van der Waals surface area contributed by atoms with Crippen LogP contribution in [-0.4, -0.2) is 59.7 Å². The quantitative estimate of drug-likeness (QED) is 0.357. The van der Waals surface area contributed by atoms with Gasteiger partial charge in [-0.15, -0.1) is 0 Å². The number of urea groups is 1. The van der Waals surface area contributed by atoms with E-state index in [4.69, 9.17) is 16.3 Å². The molecule has 0 aromatic heterocycles. The van der Waals surface area contributed by atoms with Crippen molar-refractivity contribution in [1.29, 1.82) is 0 Å². The van der Waals surface area contributed by atoms with Gasteiger partial charge in [-0.05, 0) is 18.2 Å². The highest BCUT2D eigenvalue weighted by Gasteiger charge is 2.15. The Labute approximate surface area is 161 Å². The number of rotatable bonds is 10. The number of carbonyl (C=O) groups is 3. The van der Waals surface area contributed by atoms with E-state index in [1.54, 1.807) is 0 Å². The van der Waals surface area contributed by atoms with Gasteiger partial charge in [0.2, 0.25) is 10.0 Å². The number of benzene rings is 1. The van der Waals surface area contributed by atoms with Gasteiger partial charge in [-0.2, -0.15) is 0 Å². The molecule has 0 aliphatic heterocycles. The predicted molar refractivity (Wildman–Crippen MR) is 95.6 cm³/mol. The van der Waals surface area contributed by atoms with Crippen molar-refractivity contribution in [2.24, 2.45) is 0 Å². The van der Waals surface area contributed by atoms with Crippen molar-refractivity contribution in [3.05, 3.63) is 29.3 Å². The number of hydrogen-bond donors (Lipinski definition) is 3. The number of sulfonamides is 1. The number of halogens is 1. The molecular weight excluding hydrogens is 402 g/mol. The van der Waals surface area contributed by atoms with Crippen molar-refractivity contribution in [3.63, 3.8) is 0 Å². The molecular formula is C15H20ClN3O7S. The number of methoxy groups -OCH3 is 1. The van der Waals surface area contributed by atoms with E-state index in [0.29, 0.717) is 0 Å². The first-order chi connectivity index (χ1) is 12.7. The van der Waals surface area contributed by atoms with Crippen LogP contribution in [-0.2, 0) is 29.1 Å². The van der Waals surface area contributed by atoms with Gasteiger partial charge in [0, 0.05) is 25.2 Å². The summed E-state index contributed by atoms with van der Waals surface area (Å²) in [5.74, 6) is -1.63. The molecule has 12 heteroatoms. The Morgan fingerprint density at radius 2 is 1.93 bits per heavy atom. The zero-order valence-electron chi connectivity index (χ0n) is 14.5. The van der Waals surface area contributed by atoms with Crippen LogP contribution in [0, 0.1) is 0 Å². The van der Waals surface area contributed by atoms with Crippen molar-refractivity contribution >= 4 is 39.5 Å². The molecule has 1 aromatic rings. The number of amides is 3. The topological polar surface area (TPSA) is 140 Å². The third-order valence-corrected chi connectivity index (χ3v) is 4.63. The molecule has 3 amide bonds. The Balaban J connectivity index is 2.29. The van der Waals surface area contributed by atoms with Gasteiger partial charge in [0.05, 0.1) is 17.9 Å². The van der Waals surface area contributed by atoms with E-state index in [0.717, 1.165) is 0 Å². The smallest absolute Gasteiger partial charge is 0.321 e. The van der Waals surface area contributed by atoms with Gasteiger partial charge in [-0.1, -0.05) is 17.7 Å². The van der Waals surface area contributed by atoms with E-state index < -0.39 is 34.5 Å². The molecule has 0 saturated carbocycles. The normalized spacial score (nSPS) is 10.9. The minimum absolute atomic E-state index is 0.0396. The zero-order valence-corrected chi connectivity index (χ0v) is 16.1. The molecule has 150 valence electrons. The summed E-state index contributed by atoms with van der Waals surface area (Å²) in [5.41, 5.74) is 0. The summed E-state index contributed by atoms with van der Waals surface area (Å²) in [6, 6.07) is 4.89. The maximum Gasteiger partial charge on any atom is 0.321 e. The monoisotopic (exact) mass is 421 g/mol. The molecule has 27 heavy (non-hydrogen) atoms. The number of esters is 1. The fraction of sp³-hybridized carbons (Fsp3) is 0.400. The fourth-order valence-corrected chi connectivity index (χ4v) is 3.03. The molecule has 0 aliphatic rings. The van der Waals surface area contributed by atoms with E-state index in [1.165, 1.54) is 31.4 Å². The maximum atomic E-state index is 12.0. The maximum absolute atomic E-state index is 12.0. The van der Waals surface area contributed by atoms with Crippen molar-refractivity contribution in [2.45, 2.75) is 11.3 Å². The zero-order chi connectivity index (χ0) is 20.3. The van der Waals surface area contributed by atoms with Crippen LogP contribution < -0.4 is 15.4 Å². The molecule has 0 radical (unpaired) electrons. The average Bonchev–Trinajstić information content (AvgIpc) is 2.60. The van der Waals surface area contributed by atoms with Crippen molar-refractivity contribution < 1.29 is 32.3 Å². The van der Waals surface area contributed by atoms with Crippen LogP contribution in [0.2, 0.25) is 5.02 Å². The van der Waals surface area contributed by atoms with E-state index in [2.05, 4.69) is 14.8 Å². The predicted octanol–water partition coefficient (Wildman–Crippen LogP) is 0.0238. The number of imide groups is 1. The number of hydrogen-bond acceptors (Lipinski definition) is 7. The summed E-state index contributed by atoms with van der Waals surface area (Å²) in [7, 11) is -2.36. The lowest BCUT2D eigenvalue weighted by atomic mass is 10.4. The molecule has 3 N–H and O–H groups in total.